The van der Waals surface area contributed by atoms with Gasteiger partial charge in [0.2, 0.25) is 5.91 Å². The summed E-state index contributed by atoms with van der Waals surface area (Å²) < 4.78 is 0. The highest BCUT2D eigenvalue weighted by Crippen LogP contribution is 2.35. The normalized spacial score (nSPS) is 20.1. The molecule has 5 heteroatoms. The lowest BCUT2D eigenvalue weighted by molar-refractivity contribution is -0.126. The molecule has 0 saturated heterocycles. The first-order chi connectivity index (χ1) is 12.7. The Labute approximate surface area is 153 Å². The van der Waals surface area contributed by atoms with Crippen molar-refractivity contribution in [2.24, 2.45) is 0 Å². The molecule has 2 aromatic rings. The summed E-state index contributed by atoms with van der Waals surface area (Å²) >= 11 is 0. The molecule has 2 aliphatic rings. The second kappa shape index (κ2) is 7.28. The fraction of sp³-hybridized carbons (Fsp3) is 0.381. The lowest BCUT2D eigenvalue weighted by atomic mass is 9.95. The Bertz CT molecular complexity index is 800. The first-order valence-corrected chi connectivity index (χ1v) is 9.33. The molecule has 26 heavy (non-hydrogen) atoms. The van der Waals surface area contributed by atoms with E-state index < -0.39 is 6.04 Å². The third-order valence-electron chi connectivity index (χ3n) is 5.33. The summed E-state index contributed by atoms with van der Waals surface area (Å²) in [5.74, 6) is -0.160. The first kappa shape index (κ1) is 16.8. The van der Waals surface area contributed by atoms with Crippen LogP contribution >= 0.6 is 0 Å². The van der Waals surface area contributed by atoms with Crippen LogP contribution < -0.4 is 5.32 Å². The summed E-state index contributed by atoms with van der Waals surface area (Å²) in [6.45, 7) is 0.379. The van der Waals surface area contributed by atoms with Crippen LogP contribution in [0.25, 0.3) is 0 Å². The minimum atomic E-state index is -0.569. The van der Waals surface area contributed by atoms with Gasteiger partial charge in [-0.05, 0) is 36.1 Å². The molecule has 1 aromatic heterocycles. The maximum atomic E-state index is 13.1. The van der Waals surface area contributed by atoms with Crippen LogP contribution in [0.3, 0.4) is 0 Å². The quantitative estimate of drug-likeness (QED) is 0.922. The average Bonchev–Trinajstić information content (AvgIpc) is 2.96. The van der Waals surface area contributed by atoms with Gasteiger partial charge in [0.05, 0.1) is 0 Å². The highest BCUT2D eigenvalue weighted by molar-refractivity contribution is 6.04. The van der Waals surface area contributed by atoms with Crippen LogP contribution in [-0.2, 0) is 11.3 Å². The zero-order valence-electron chi connectivity index (χ0n) is 14.7. The van der Waals surface area contributed by atoms with E-state index in [1.165, 1.54) is 6.42 Å². The van der Waals surface area contributed by atoms with Crippen LogP contribution in [0.5, 0.6) is 0 Å². The monoisotopic (exact) mass is 349 g/mol. The van der Waals surface area contributed by atoms with Crippen molar-refractivity contribution in [3.05, 3.63) is 65.5 Å². The van der Waals surface area contributed by atoms with Crippen LogP contribution in [0.1, 0.15) is 59.6 Å². The van der Waals surface area contributed by atoms with Crippen molar-refractivity contribution >= 4 is 11.8 Å². The molecule has 5 nitrogen and oxygen atoms in total. The van der Waals surface area contributed by atoms with Crippen molar-refractivity contribution < 1.29 is 9.59 Å². The average molecular weight is 349 g/mol. The Balaban J connectivity index is 1.61. The zero-order chi connectivity index (χ0) is 17.9. The summed E-state index contributed by atoms with van der Waals surface area (Å²) in [6.07, 6.45) is 9.05. The number of hydrogen-bond acceptors (Lipinski definition) is 3. The number of aromatic nitrogens is 1. The predicted molar refractivity (Wildman–Crippen MR) is 98.3 cm³/mol. The standard InChI is InChI=1S/C21H23N3O2/c25-20(23-16-8-2-1-3-9-16)19-17-10-4-5-11-18(17)21(26)24(19)14-15-7-6-12-22-13-15/h4-7,10-13,16,19H,1-3,8-9,14H2,(H,23,25). The number of hydrogen-bond donors (Lipinski definition) is 1. The van der Waals surface area contributed by atoms with E-state index in [9.17, 15) is 9.59 Å². The molecule has 1 fully saturated rings. The minimum absolute atomic E-state index is 0.0703. The third kappa shape index (κ3) is 3.21. The van der Waals surface area contributed by atoms with Crippen molar-refractivity contribution in [3.63, 3.8) is 0 Å². The van der Waals surface area contributed by atoms with E-state index in [-0.39, 0.29) is 17.9 Å². The highest BCUT2D eigenvalue weighted by Gasteiger charge is 2.41. The van der Waals surface area contributed by atoms with E-state index in [4.69, 9.17) is 0 Å². The van der Waals surface area contributed by atoms with Gasteiger partial charge in [0.15, 0.2) is 0 Å². The molecule has 1 saturated carbocycles. The van der Waals surface area contributed by atoms with Crippen molar-refractivity contribution in [3.8, 4) is 0 Å². The number of nitrogens with one attached hydrogen (secondary N) is 1. The van der Waals surface area contributed by atoms with E-state index in [0.717, 1.165) is 36.8 Å². The molecule has 1 atom stereocenters. The van der Waals surface area contributed by atoms with Crippen molar-refractivity contribution in [2.45, 2.75) is 50.7 Å². The molecule has 2 heterocycles. The van der Waals surface area contributed by atoms with Gasteiger partial charge in [0, 0.05) is 30.5 Å². The molecule has 1 aliphatic carbocycles. The van der Waals surface area contributed by atoms with Gasteiger partial charge in [-0.1, -0.05) is 43.5 Å². The SMILES string of the molecule is O=C(NC1CCCCC1)C1c2ccccc2C(=O)N1Cc1cccnc1. The summed E-state index contributed by atoms with van der Waals surface area (Å²) in [5.41, 5.74) is 2.35. The van der Waals surface area contributed by atoms with Crippen molar-refractivity contribution in [1.82, 2.24) is 15.2 Å². The van der Waals surface area contributed by atoms with Crippen LogP contribution in [0.4, 0.5) is 0 Å². The Kier molecular flexibility index (Phi) is 4.69. The number of fused-ring (bicyclic) bond motifs is 1. The molecule has 4 rings (SSSR count). The number of pyridine rings is 1. The van der Waals surface area contributed by atoms with Crippen molar-refractivity contribution in [1.29, 1.82) is 0 Å². The molecule has 0 radical (unpaired) electrons. The second-order valence-corrected chi connectivity index (χ2v) is 7.13. The Morgan fingerprint density at radius 3 is 2.69 bits per heavy atom. The van der Waals surface area contributed by atoms with Crippen LogP contribution in [0.2, 0.25) is 0 Å². The number of carbonyl (C=O) groups is 2. The minimum Gasteiger partial charge on any atom is -0.351 e. The molecule has 1 aromatic carbocycles. The van der Waals surface area contributed by atoms with E-state index in [0.29, 0.717) is 12.1 Å². The lowest BCUT2D eigenvalue weighted by Crippen LogP contribution is -2.43. The molecule has 0 bridgehead atoms. The highest BCUT2D eigenvalue weighted by atomic mass is 16.2. The van der Waals surface area contributed by atoms with Gasteiger partial charge in [-0.3, -0.25) is 14.6 Å². The zero-order valence-corrected chi connectivity index (χ0v) is 14.7. The van der Waals surface area contributed by atoms with E-state index in [1.54, 1.807) is 17.3 Å². The fourth-order valence-corrected chi connectivity index (χ4v) is 4.03. The summed E-state index contributed by atoms with van der Waals surface area (Å²) in [6, 6.07) is 10.9. The van der Waals surface area contributed by atoms with E-state index in [2.05, 4.69) is 10.3 Å². The Morgan fingerprint density at radius 2 is 1.92 bits per heavy atom. The number of rotatable bonds is 4. The van der Waals surface area contributed by atoms with Gasteiger partial charge in [-0.15, -0.1) is 0 Å². The van der Waals surface area contributed by atoms with E-state index in [1.807, 2.05) is 36.4 Å². The molecular weight excluding hydrogens is 326 g/mol. The number of amides is 2. The van der Waals surface area contributed by atoms with E-state index >= 15 is 0 Å². The summed E-state index contributed by atoms with van der Waals surface area (Å²) in [5, 5.41) is 3.19. The lowest BCUT2D eigenvalue weighted by Gasteiger charge is -2.28. The van der Waals surface area contributed by atoms with Crippen LogP contribution in [-0.4, -0.2) is 27.7 Å². The molecule has 1 unspecified atom stereocenters. The number of carbonyl (C=O) groups excluding carboxylic acids is 2. The van der Waals surface area contributed by atoms with Crippen LogP contribution in [0, 0.1) is 0 Å². The number of benzene rings is 1. The molecule has 2 amide bonds. The Hall–Kier alpha value is -2.69. The topological polar surface area (TPSA) is 62.3 Å². The van der Waals surface area contributed by atoms with Gasteiger partial charge in [-0.25, -0.2) is 0 Å². The molecule has 1 aliphatic heterocycles. The predicted octanol–water partition coefficient (Wildman–Crippen LogP) is 3.23. The smallest absolute Gasteiger partial charge is 0.255 e. The first-order valence-electron chi connectivity index (χ1n) is 9.33. The maximum absolute atomic E-state index is 13.1. The summed E-state index contributed by atoms with van der Waals surface area (Å²) in [7, 11) is 0. The van der Waals surface area contributed by atoms with Gasteiger partial charge < -0.3 is 10.2 Å². The molecule has 0 spiro atoms. The maximum Gasteiger partial charge on any atom is 0.255 e. The summed E-state index contributed by atoms with van der Waals surface area (Å²) in [4.78, 5) is 31.8. The number of nitrogens with zero attached hydrogens (tertiary/aromatic N) is 2. The second-order valence-electron chi connectivity index (χ2n) is 7.13. The Morgan fingerprint density at radius 1 is 1.12 bits per heavy atom. The third-order valence-corrected chi connectivity index (χ3v) is 5.33. The van der Waals surface area contributed by atoms with Crippen molar-refractivity contribution in [2.75, 3.05) is 0 Å². The van der Waals surface area contributed by atoms with Gasteiger partial charge in [0.1, 0.15) is 6.04 Å². The van der Waals surface area contributed by atoms with Gasteiger partial charge in [0.25, 0.3) is 5.91 Å². The molecular formula is C21H23N3O2. The largest absolute Gasteiger partial charge is 0.351 e. The van der Waals surface area contributed by atoms with Gasteiger partial charge in [-0.2, -0.15) is 0 Å². The van der Waals surface area contributed by atoms with Crippen LogP contribution in [0.15, 0.2) is 48.8 Å². The molecule has 1 N–H and O–H groups in total. The fourth-order valence-electron chi connectivity index (χ4n) is 4.03. The molecule has 134 valence electrons. The van der Waals surface area contributed by atoms with Gasteiger partial charge >= 0.3 is 0 Å².